The second-order valence-corrected chi connectivity index (χ2v) is 10.4. The van der Waals surface area contributed by atoms with Gasteiger partial charge in [-0.05, 0) is 76.9 Å². The van der Waals surface area contributed by atoms with E-state index in [-0.39, 0.29) is 5.54 Å². The first kappa shape index (κ1) is 23.1. The average Bonchev–Trinajstić information content (AvgIpc) is 3.17. The molecule has 1 N–H and O–H groups in total. The quantitative estimate of drug-likeness (QED) is 0.655. The summed E-state index contributed by atoms with van der Waals surface area (Å²) in [6.45, 7) is 9.42. The molecule has 3 rings (SSSR count). The van der Waals surface area contributed by atoms with E-state index in [0.717, 1.165) is 36.5 Å². The van der Waals surface area contributed by atoms with Crippen molar-refractivity contribution in [1.29, 1.82) is 0 Å². The van der Waals surface area contributed by atoms with Crippen LogP contribution in [-0.2, 0) is 0 Å². The lowest BCUT2D eigenvalue weighted by Crippen LogP contribution is -2.36. The topological polar surface area (TPSA) is 43.8 Å². The molecule has 0 aromatic carbocycles. The number of likely N-dealkylation sites (N-methyl/N-ethyl adjacent to an activating group) is 1. The standard InChI is InChI=1S/C25H36N2O2S/c1-6-27-15-13-20(22(17-27)18-10-8-7-9-11-18)21-16-19(30-23(21)24(28)29)12-14-25(2,3)26(4)5/h16,18H,6-11,13,15,17H2,1-5H3,(H,28,29). The summed E-state index contributed by atoms with van der Waals surface area (Å²) in [4.78, 5) is 18.0. The van der Waals surface area contributed by atoms with Crippen LogP contribution in [0.5, 0.6) is 0 Å². The molecular formula is C25H36N2O2S. The molecule has 0 unspecified atom stereocenters. The third-order valence-electron chi connectivity index (χ3n) is 6.87. The highest BCUT2D eigenvalue weighted by atomic mass is 32.1. The van der Waals surface area contributed by atoms with Gasteiger partial charge in [0.15, 0.2) is 0 Å². The number of rotatable bonds is 5. The number of hydrogen-bond donors (Lipinski definition) is 1. The number of carboxylic acid groups (broad SMARTS) is 1. The van der Waals surface area contributed by atoms with Crippen molar-refractivity contribution < 1.29 is 9.90 Å². The van der Waals surface area contributed by atoms with Crippen LogP contribution in [0.25, 0.3) is 5.57 Å². The summed E-state index contributed by atoms with van der Waals surface area (Å²) in [5.74, 6) is 6.36. The number of carbonyl (C=O) groups is 1. The summed E-state index contributed by atoms with van der Waals surface area (Å²) in [7, 11) is 4.03. The van der Waals surface area contributed by atoms with Crippen LogP contribution in [0.1, 0.15) is 79.4 Å². The van der Waals surface area contributed by atoms with Crippen LogP contribution in [0, 0.1) is 17.8 Å². The first-order valence-corrected chi connectivity index (χ1v) is 12.1. The van der Waals surface area contributed by atoms with Crippen molar-refractivity contribution in [2.45, 2.75) is 64.8 Å². The lowest BCUT2D eigenvalue weighted by molar-refractivity contribution is 0.0702. The number of thiophene rings is 1. The minimum absolute atomic E-state index is 0.257. The normalized spacial score (nSPS) is 19.1. The molecule has 4 nitrogen and oxygen atoms in total. The van der Waals surface area contributed by atoms with Gasteiger partial charge in [-0.25, -0.2) is 4.79 Å². The Labute approximate surface area is 186 Å². The Kier molecular flexibility index (Phi) is 7.44. The molecule has 30 heavy (non-hydrogen) atoms. The van der Waals surface area contributed by atoms with E-state index < -0.39 is 5.97 Å². The third-order valence-corrected chi connectivity index (χ3v) is 7.90. The molecule has 1 fully saturated rings. The van der Waals surface area contributed by atoms with E-state index in [1.165, 1.54) is 54.6 Å². The maximum atomic E-state index is 12.1. The summed E-state index contributed by atoms with van der Waals surface area (Å²) < 4.78 is 0. The number of hydrogen-bond acceptors (Lipinski definition) is 4. The van der Waals surface area contributed by atoms with Gasteiger partial charge in [0.05, 0.1) is 10.4 Å². The van der Waals surface area contributed by atoms with E-state index in [2.05, 4.69) is 42.4 Å². The number of aromatic carboxylic acids is 1. The van der Waals surface area contributed by atoms with Gasteiger partial charge in [0.25, 0.3) is 0 Å². The fourth-order valence-corrected chi connectivity index (χ4v) is 5.29. The summed E-state index contributed by atoms with van der Waals surface area (Å²) in [6, 6.07) is 2.05. The van der Waals surface area contributed by atoms with Crippen LogP contribution in [0.15, 0.2) is 11.6 Å². The molecule has 1 aliphatic heterocycles. The number of nitrogens with zero attached hydrogens (tertiary/aromatic N) is 2. The molecule has 0 atom stereocenters. The molecule has 5 heteroatoms. The molecule has 0 radical (unpaired) electrons. The lowest BCUT2D eigenvalue weighted by atomic mass is 9.78. The highest BCUT2D eigenvalue weighted by Gasteiger charge is 2.29. The van der Waals surface area contributed by atoms with Gasteiger partial charge >= 0.3 is 5.97 Å². The van der Waals surface area contributed by atoms with Gasteiger partial charge in [0, 0.05) is 18.7 Å². The van der Waals surface area contributed by atoms with E-state index in [9.17, 15) is 9.90 Å². The van der Waals surface area contributed by atoms with Crippen LogP contribution >= 0.6 is 11.3 Å². The van der Waals surface area contributed by atoms with E-state index in [4.69, 9.17) is 0 Å². The van der Waals surface area contributed by atoms with Gasteiger partial charge in [0.1, 0.15) is 4.88 Å². The van der Waals surface area contributed by atoms with Gasteiger partial charge in [-0.15, -0.1) is 11.3 Å². The summed E-state index contributed by atoms with van der Waals surface area (Å²) in [5, 5.41) is 9.94. The van der Waals surface area contributed by atoms with Gasteiger partial charge in [-0.2, -0.15) is 0 Å². The van der Waals surface area contributed by atoms with Gasteiger partial charge in [-0.1, -0.05) is 38.0 Å². The highest BCUT2D eigenvalue weighted by Crippen LogP contribution is 2.41. The summed E-state index contributed by atoms with van der Waals surface area (Å²) >= 11 is 1.33. The van der Waals surface area contributed by atoms with Crippen LogP contribution in [-0.4, -0.2) is 60.1 Å². The van der Waals surface area contributed by atoms with E-state index in [1.807, 2.05) is 20.2 Å². The molecule has 1 saturated carbocycles. The second kappa shape index (κ2) is 9.68. The molecule has 2 aliphatic rings. The van der Waals surface area contributed by atoms with Crippen LogP contribution in [0.2, 0.25) is 0 Å². The predicted octanol–water partition coefficient (Wildman–Crippen LogP) is 5.20. The SMILES string of the molecule is CCN1CCC(c2cc(C#CC(C)(C)N(C)C)sc2C(=O)O)=C(C2CCCCC2)C1. The Bertz CT molecular complexity index is 863. The maximum absolute atomic E-state index is 12.1. The first-order valence-electron chi connectivity index (χ1n) is 11.2. The third kappa shape index (κ3) is 5.17. The first-order chi connectivity index (χ1) is 14.2. The van der Waals surface area contributed by atoms with Crippen LogP contribution in [0.3, 0.4) is 0 Å². The fourth-order valence-electron chi connectivity index (χ4n) is 4.41. The Morgan fingerprint density at radius 1 is 1.30 bits per heavy atom. The van der Waals surface area contributed by atoms with Crippen molar-refractivity contribution in [3.8, 4) is 11.8 Å². The Balaban J connectivity index is 2.05. The van der Waals surface area contributed by atoms with Gasteiger partial charge in [0.2, 0.25) is 0 Å². The summed E-state index contributed by atoms with van der Waals surface area (Å²) in [6.07, 6.45) is 7.33. The number of carboxylic acids is 1. The molecule has 2 heterocycles. The molecule has 0 saturated heterocycles. The van der Waals surface area contributed by atoms with Crippen LogP contribution in [0.4, 0.5) is 0 Å². The molecule has 0 amide bonds. The Hall–Kier alpha value is -1.61. The predicted molar refractivity (Wildman–Crippen MR) is 126 cm³/mol. The average molecular weight is 429 g/mol. The van der Waals surface area contributed by atoms with Crippen molar-refractivity contribution in [2.24, 2.45) is 5.92 Å². The monoisotopic (exact) mass is 428 g/mol. The Morgan fingerprint density at radius 2 is 2.00 bits per heavy atom. The Morgan fingerprint density at radius 3 is 2.60 bits per heavy atom. The zero-order chi connectivity index (χ0) is 21.9. The zero-order valence-electron chi connectivity index (χ0n) is 19.2. The van der Waals surface area contributed by atoms with E-state index in [0.29, 0.717) is 10.8 Å². The largest absolute Gasteiger partial charge is 0.477 e. The van der Waals surface area contributed by atoms with Crippen molar-refractivity contribution in [3.05, 3.63) is 27.0 Å². The molecule has 0 spiro atoms. The van der Waals surface area contributed by atoms with Gasteiger partial charge in [-0.3, -0.25) is 9.80 Å². The van der Waals surface area contributed by atoms with Crippen molar-refractivity contribution >= 4 is 22.9 Å². The maximum Gasteiger partial charge on any atom is 0.346 e. The smallest absolute Gasteiger partial charge is 0.346 e. The molecule has 1 aromatic rings. The minimum Gasteiger partial charge on any atom is -0.477 e. The van der Waals surface area contributed by atoms with Crippen molar-refractivity contribution in [3.63, 3.8) is 0 Å². The molecule has 164 valence electrons. The fraction of sp³-hybridized carbons (Fsp3) is 0.640. The summed E-state index contributed by atoms with van der Waals surface area (Å²) in [5.41, 5.74) is 3.46. The van der Waals surface area contributed by atoms with E-state index >= 15 is 0 Å². The minimum atomic E-state index is -0.830. The van der Waals surface area contributed by atoms with Crippen LogP contribution < -0.4 is 0 Å². The molecular weight excluding hydrogens is 392 g/mol. The highest BCUT2D eigenvalue weighted by molar-refractivity contribution is 7.14. The molecule has 0 bridgehead atoms. The molecule has 1 aliphatic carbocycles. The van der Waals surface area contributed by atoms with Crippen molar-refractivity contribution in [2.75, 3.05) is 33.7 Å². The lowest BCUT2D eigenvalue weighted by Gasteiger charge is -2.35. The van der Waals surface area contributed by atoms with Gasteiger partial charge < -0.3 is 5.11 Å². The molecule has 1 aromatic heterocycles. The van der Waals surface area contributed by atoms with E-state index in [1.54, 1.807) is 0 Å². The second-order valence-electron chi connectivity index (χ2n) is 9.32. The zero-order valence-corrected chi connectivity index (χ0v) is 20.0. The van der Waals surface area contributed by atoms with Crippen molar-refractivity contribution in [1.82, 2.24) is 9.80 Å².